The van der Waals surface area contributed by atoms with E-state index in [-0.39, 0.29) is 4.88 Å². The molecule has 0 saturated carbocycles. The Hall–Kier alpha value is -2.34. The highest BCUT2D eigenvalue weighted by atomic mass is 32.1. The molecule has 0 unspecified atom stereocenters. The standard InChI is InChI=1S/C15H14N2O3S/c1-10-13(14(18)19)21-15(16-10)17-7-8-20-12(9-17)11-5-3-2-4-6-11/h2-3,5,7-9H,4,6H2,1H3,(H,18,19). The van der Waals surface area contributed by atoms with E-state index in [1.165, 1.54) is 0 Å². The first-order chi connectivity index (χ1) is 10.1. The molecule has 0 atom stereocenters. The summed E-state index contributed by atoms with van der Waals surface area (Å²) in [6, 6.07) is 0. The lowest BCUT2D eigenvalue weighted by Crippen LogP contribution is -2.13. The molecule has 5 nitrogen and oxygen atoms in total. The van der Waals surface area contributed by atoms with Crippen molar-refractivity contribution in [1.82, 2.24) is 4.98 Å². The zero-order chi connectivity index (χ0) is 14.8. The number of allylic oxidation sites excluding steroid dienone is 4. The minimum Gasteiger partial charge on any atom is -0.477 e. The van der Waals surface area contributed by atoms with Crippen molar-refractivity contribution in [2.75, 3.05) is 4.90 Å². The predicted molar refractivity (Wildman–Crippen MR) is 81.1 cm³/mol. The molecule has 0 spiro atoms. The molecule has 0 radical (unpaired) electrons. The number of carboxylic acids is 1. The molecule has 3 rings (SSSR count). The Labute approximate surface area is 126 Å². The maximum Gasteiger partial charge on any atom is 0.347 e. The zero-order valence-corrected chi connectivity index (χ0v) is 12.3. The maximum absolute atomic E-state index is 11.1. The maximum atomic E-state index is 11.1. The lowest BCUT2D eigenvalue weighted by atomic mass is 10.0. The quantitative estimate of drug-likeness (QED) is 0.924. The third kappa shape index (κ3) is 2.75. The Morgan fingerprint density at radius 2 is 2.38 bits per heavy atom. The number of rotatable bonds is 3. The lowest BCUT2D eigenvalue weighted by Gasteiger charge is -2.21. The van der Waals surface area contributed by atoms with Gasteiger partial charge in [-0.15, -0.1) is 0 Å². The van der Waals surface area contributed by atoms with Crippen LogP contribution in [0.5, 0.6) is 0 Å². The zero-order valence-electron chi connectivity index (χ0n) is 11.4. The van der Waals surface area contributed by atoms with Gasteiger partial charge in [-0.1, -0.05) is 29.6 Å². The van der Waals surface area contributed by atoms with E-state index in [0.717, 1.165) is 35.5 Å². The fourth-order valence-corrected chi connectivity index (χ4v) is 3.01. The minimum absolute atomic E-state index is 0.264. The third-order valence-corrected chi connectivity index (χ3v) is 4.36. The van der Waals surface area contributed by atoms with Crippen molar-refractivity contribution in [3.63, 3.8) is 0 Å². The summed E-state index contributed by atoms with van der Waals surface area (Å²) in [4.78, 5) is 17.5. The molecule has 21 heavy (non-hydrogen) atoms. The summed E-state index contributed by atoms with van der Waals surface area (Å²) in [6.07, 6.45) is 13.2. The van der Waals surface area contributed by atoms with Gasteiger partial charge in [0.2, 0.25) is 0 Å². The van der Waals surface area contributed by atoms with E-state index >= 15 is 0 Å². The molecule has 6 heteroatoms. The molecule has 0 amide bonds. The number of carboxylic acid groups (broad SMARTS) is 1. The molecular formula is C15H14N2O3S. The second-order valence-corrected chi connectivity index (χ2v) is 5.66. The number of carbonyl (C=O) groups is 1. The first-order valence-corrected chi connectivity index (χ1v) is 7.37. The lowest BCUT2D eigenvalue weighted by molar-refractivity contribution is 0.0701. The third-order valence-electron chi connectivity index (χ3n) is 3.20. The minimum atomic E-state index is -0.946. The smallest absolute Gasteiger partial charge is 0.347 e. The normalized spacial score (nSPS) is 17.3. The van der Waals surface area contributed by atoms with Gasteiger partial charge in [0.25, 0.3) is 0 Å². The largest absolute Gasteiger partial charge is 0.477 e. The highest BCUT2D eigenvalue weighted by molar-refractivity contribution is 7.17. The van der Waals surface area contributed by atoms with Crippen LogP contribution in [0.25, 0.3) is 0 Å². The van der Waals surface area contributed by atoms with Crippen molar-refractivity contribution in [3.8, 4) is 0 Å². The second-order valence-electron chi connectivity index (χ2n) is 4.68. The van der Waals surface area contributed by atoms with Crippen LogP contribution < -0.4 is 4.90 Å². The average Bonchev–Trinajstić information content (AvgIpc) is 2.91. The molecule has 1 aliphatic heterocycles. The van der Waals surface area contributed by atoms with Crippen molar-refractivity contribution >= 4 is 22.4 Å². The summed E-state index contributed by atoms with van der Waals surface area (Å²) in [5, 5.41) is 9.73. The summed E-state index contributed by atoms with van der Waals surface area (Å²) in [7, 11) is 0. The van der Waals surface area contributed by atoms with Gasteiger partial charge in [-0.25, -0.2) is 9.78 Å². The fourth-order valence-electron chi connectivity index (χ4n) is 2.15. The van der Waals surface area contributed by atoms with Crippen LogP contribution in [-0.4, -0.2) is 16.1 Å². The SMILES string of the molecule is Cc1nc(N2C=COC(C3=CC=CCC3)=C2)sc1C(=O)O. The summed E-state index contributed by atoms with van der Waals surface area (Å²) < 4.78 is 5.55. The van der Waals surface area contributed by atoms with Gasteiger partial charge >= 0.3 is 5.97 Å². The molecule has 0 saturated heterocycles. The molecule has 0 aromatic carbocycles. The van der Waals surface area contributed by atoms with E-state index in [1.54, 1.807) is 24.3 Å². The number of thiazole rings is 1. The van der Waals surface area contributed by atoms with E-state index in [0.29, 0.717) is 10.8 Å². The van der Waals surface area contributed by atoms with Gasteiger partial charge in [-0.2, -0.15) is 0 Å². The number of nitrogens with zero attached hydrogens (tertiary/aromatic N) is 2. The monoisotopic (exact) mass is 302 g/mol. The number of aryl methyl sites for hydroxylation is 1. The van der Waals surface area contributed by atoms with Crippen LogP contribution in [0.15, 0.2) is 48.2 Å². The molecule has 108 valence electrons. The van der Waals surface area contributed by atoms with Gasteiger partial charge < -0.3 is 9.84 Å². The van der Waals surface area contributed by atoms with Gasteiger partial charge in [0.1, 0.15) is 16.9 Å². The summed E-state index contributed by atoms with van der Waals surface area (Å²) in [5.41, 5.74) is 1.65. The molecule has 1 aromatic rings. The van der Waals surface area contributed by atoms with Crippen LogP contribution in [0.3, 0.4) is 0 Å². The van der Waals surface area contributed by atoms with Crippen LogP contribution in [0, 0.1) is 6.92 Å². The van der Waals surface area contributed by atoms with E-state index in [2.05, 4.69) is 11.1 Å². The molecule has 1 N–H and O–H groups in total. The van der Waals surface area contributed by atoms with Crippen molar-refractivity contribution in [3.05, 3.63) is 58.8 Å². The Balaban J connectivity index is 1.90. The van der Waals surface area contributed by atoms with Crippen LogP contribution in [0.1, 0.15) is 28.2 Å². The summed E-state index contributed by atoms with van der Waals surface area (Å²) in [5.74, 6) is -0.176. The van der Waals surface area contributed by atoms with Gasteiger partial charge in [0.15, 0.2) is 5.13 Å². The van der Waals surface area contributed by atoms with Gasteiger partial charge in [-0.3, -0.25) is 4.90 Å². The Bertz CT molecular complexity index is 698. The molecular weight excluding hydrogens is 288 g/mol. The van der Waals surface area contributed by atoms with E-state index < -0.39 is 5.97 Å². The van der Waals surface area contributed by atoms with Gasteiger partial charge in [-0.05, 0) is 25.3 Å². The van der Waals surface area contributed by atoms with Crippen LogP contribution in [0.4, 0.5) is 5.13 Å². The van der Waals surface area contributed by atoms with Crippen LogP contribution >= 0.6 is 11.3 Å². The number of aromatic carboxylic acids is 1. The van der Waals surface area contributed by atoms with Gasteiger partial charge in [0.05, 0.1) is 11.9 Å². The van der Waals surface area contributed by atoms with Crippen molar-refractivity contribution in [2.45, 2.75) is 19.8 Å². The van der Waals surface area contributed by atoms with E-state index in [9.17, 15) is 4.79 Å². The van der Waals surface area contributed by atoms with E-state index in [1.807, 2.05) is 18.4 Å². The van der Waals surface area contributed by atoms with Crippen molar-refractivity contribution < 1.29 is 14.6 Å². The molecule has 0 fully saturated rings. The number of hydrogen-bond acceptors (Lipinski definition) is 5. The average molecular weight is 302 g/mol. The summed E-state index contributed by atoms with van der Waals surface area (Å²) in [6.45, 7) is 1.70. The number of hydrogen-bond donors (Lipinski definition) is 1. The predicted octanol–water partition coefficient (Wildman–Crippen LogP) is 3.58. The van der Waals surface area contributed by atoms with Crippen molar-refractivity contribution in [2.24, 2.45) is 0 Å². The highest BCUT2D eigenvalue weighted by Gasteiger charge is 2.19. The second kappa shape index (κ2) is 5.57. The summed E-state index contributed by atoms with van der Waals surface area (Å²) >= 11 is 1.15. The number of ether oxygens (including phenoxy) is 1. The molecule has 1 aromatic heterocycles. The Kier molecular flexibility index (Phi) is 3.62. The topological polar surface area (TPSA) is 62.7 Å². The van der Waals surface area contributed by atoms with Crippen LogP contribution in [0.2, 0.25) is 0 Å². The molecule has 2 aliphatic rings. The van der Waals surface area contributed by atoms with E-state index in [4.69, 9.17) is 9.84 Å². The fraction of sp³-hybridized carbons (Fsp3) is 0.200. The van der Waals surface area contributed by atoms with Crippen LogP contribution in [-0.2, 0) is 4.74 Å². The molecule has 0 bridgehead atoms. The first-order valence-electron chi connectivity index (χ1n) is 6.55. The first kappa shape index (κ1) is 13.6. The van der Waals surface area contributed by atoms with Crippen molar-refractivity contribution in [1.29, 1.82) is 0 Å². The molecule has 2 heterocycles. The molecule has 1 aliphatic carbocycles. The Morgan fingerprint density at radius 3 is 3.05 bits per heavy atom. The van der Waals surface area contributed by atoms with Gasteiger partial charge in [0, 0.05) is 6.20 Å². The Morgan fingerprint density at radius 1 is 1.52 bits per heavy atom. The number of anilines is 1. The number of aromatic nitrogens is 1. The highest BCUT2D eigenvalue weighted by Crippen LogP contribution is 2.31.